The number of nitrogens with zero attached hydrogens (tertiary/aromatic N) is 3. The second kappa shape index (κ2) is 9.53. The van der Waals surface area contributed by atoms with Gasteiger partial charge in [0.15, 0.2) is 0 Å². The van der Waals surface area contributed by atoms with E-state index in [-0.39, 0.29) is 23.6 Å². The van der Waals surface area contributed by atoms with Crippen molar-refractivity contribution in [3.8, 4) is 11.1 Å². The van der Waals surface area contributed by atoms with E-state index < -0.39 is 21.8 Å². The first-order valence-corrected chi connectivity index (χ1v) is 13.0. The van der Waals surface area contributed by atoms with Gasteiger partial charge < -0.3 is 10.4 Å². The zero-order valence-corrected chi connectivity index (χ0v) is 20.1. The quantitative estimate of drug-likeness (QED) is 0.443. The summed E-state index contributed by atoms with van der Waals surface area (Å²) in [6.45, 7) is 0.411. The van der Waals surface area contributed by atoms with E-state index in [1.54, 1.807) is 17.9 Å². The lowest BCUT2D eigenvalue weighted by Gasteiger charge is -2.39. The Morgan fingerprint density at radius 2 is 2.24 bits per heavy atom. The van der Waals surface area contributed by atoms with Gasteiger partial charge in [0, 0.05) is 29.4 Å². The molecular weight excluding hydrogens is 489 g/mol. The second-order valence-corrected chi connectivity index (χ2v) is 11.1. The van der Waals surface area contributed by atoms with Crippen LogP contribution in [0.2, 0.25) is 5.02 Å². The Kier molecular flexibility index (Phi) is 6.89. The minimum Gasteiger partial charge on any atom is -0.394 e. The molecule has 0 aliphatic carbocycles. The van der Waals surface area contributed by atoms with Crippen LogP contribution in [0, 0.1) is 5.82 Å². The molecule has 12 heteroatoms. The Hall–Kier alpha value is -2.28. The SMILES string of the molecule is C=S1(=O)N[C@H](c2cc(-c3cnn(CCO)c3)cs2)C[C@H](C(=O)Nc2ccc(F)c(Cl)c2)N1C. The van der Waals surface area contributed by atoms with Crippen molar-refractivity contribution in [1.82, 2.24) is 18.8 Å². The molecule has 33 heavy (non-hydrogen) atoms. The first-order chi connectivity index (χ1) is 15.7. The van der Waals surface area contributed by atoms with E-state index in [2.05, 4.69) is 21.0 Å². The highest BCUT2D eigenvalue weighted by Crippen LogP contribution is 2.35. The van der Waals surface area contributed by atoms with Crippen molar-refractivity contribution in [2.45, 2.75) is 25.0 Å². The maximum Gasteiger partial charge on any atom is 0.242 e. The second-order valence-electron chi connectivity index (χ2n) is 7.68. The first kappa shape index (κ1) is 23.9. The Bertz CT molecular complexity index is 1280. The number of anilines is 1. The molecule has 8 nitrogen and oxygen atoms in total. The summed E-state index contributed by atoms with van der Waals surface area (Å²) in [6.07, 6.45) is 3.92. The number of hydrogen-bond acceptors (Lipinski definition) is 5. The molecule has 1 aliphatic rings. The Labute approximate surface area is 200 Å². The van der Waals surface area contributed by atoms with Crippen LogP contribution < -0.4 is 10.0 Å². The number of nitrogens with one attached hydrogen (secondary N) is 2. The summed E-state index contributed by atoms with van der Waals surface area (Å²) in [6, 6.07) is 4.80. The molecule has 1 aromatic carbocycles. The van der Waals surface area contributed by atoms with Crippen LogP contribution in [-0.2, 0) is 21.2 Å². The Balaban J connectivity index is 1.54. The molecule has 0 saturated carbocycles. The largest absolute Gasteiger partial charge is 0.394 e. The maximum atomic E-state index is 13.4. The summed E-state index contributed by atoms with van der Waals surface area (Å²) in [5.41, 5.74) is 2.19. The smallest absolute Gasteiger partial charge is 0.242 e. The summed E-state index contributed by atoms with van der Waals surface area (Å²) in [5.74, 6) is 2.84. The molecule has 2 aromatic heterocycles. The molecule has 1 saturated heterocycles. The van der Waals surface area contributed by atoms with Crippen LogP contribution in [0.5, 0.6) is 0 Å². The minimum atomic E-state index is -2.92. The first-order valence-electron chi connectivity index (χ1n) is 10.0. The number of amides is 1. The average Bonchev–Trinajstić information content (AvgIpc) is 3.42. The Morgan fingerprint density at radius 3 is 2.97 bits per heavy atom. The molecule has 4 rings (SSSR count). The molecule has 0 spiro atoms. The van der Waals surface area contributed by atoms with Crippen LogP contribution in [0.15, 0.2) is 42.0 Å². The van der Waals surface area contributed by atoms with Gasteiger partial charge in [0.1, 0.15) is 11.9 Å². The summed E-state index contributed by atoms with van der Waals surface area (Å²) in [5, 5.41) is 17.9. The monoisotopic (exact) mass is 511 g/mol. The number of likely N-dealkylation sites (N-methyl/N-ethyl adjacent to an activating group) is 1. The van der Waals surface area contributed by atoms with Crippen molar-refractivity contribution in [3.63, 3.8) is 0 Å². The predicted molar refractivity (Wildman–Crippen MR) is 130 cm³/mol. The molecule has 1 aliphatic heterocycles. The molecule has 0 radical (unpaired) electrons. The number of thiophene rings is 1. The molecular formula is C21H23ClFN5O3S2. The highest BCUT2D eigenvalue weighted by molar-refractivity contribution is 7.96. The number of halogens is 2. The van der Waals surface area contributed by atoms with Crippen LogP contribution >= 0.6 is 22.9 Å². The van der Waals surface area contributed by atoms with E-state index in [0.717, 1.165) is 16.0 Å². The van der Waals surface area contributed by atoms with E-state index in [1.807, 2.05) is 17.6 Å². The van der Waals surface area contributed by atoms with Gasteiger partial charge in [-0.25, -0.2) is 17.6 Å². The van der Waals surface area contributed by atoms with Crippen LogP contribution in [0.4, 0.5) is 10.1 Å². The summed E-state index contributed by atoms with van der Waals surface area (Å²) in [7, 11) is -1.34. The zero-order chi connectivity index (χ0) is 23.8. The lowest BCUT2D eigenvalue weighted by molar-refractivity contribution is -0.120. The van der Waals surface area contributed by atoms with Gasteiger partial charge in [-0.3, -0.25) is 9.48 Å². The van der Waals surface area contributed by atoms with E-state index in [4.69, 9.17) is 16.7 Å². The number of aromatic nitrogens is 2. The highest BCUT2D eigenvalue weighted by Gasteiger charge is 2.38. The molecule has 3 N–H and O–H groups in total. The number of carbonyl (C=O) groups excluding carboxylic acids is 1. The third-order valence-corrected chi connectivity index (χ3v) is 8.61. The predicted octanol–water partition coefficient (Wildman–Crippen LogP) is 2.92. The van der Waals surface area contributed by atoms with Gasteiger partial charge in [0.2, 0.25) is 5.91 Å². The normalized spacial score (nSPS) is 23.5. The van der Waals surface area contributed by atoms with E-state index in [1.165, 1.54) is 33.8 Å². The fraction of sp³-hybridized carbons (Fsp3) is 0.286. The number of aliphatic hydroxyl groups is 1. The summed E-state index contributed by atoms with van der Waals surface area (Å²) >= 11 is 7.30. The van der Waals surface area contributed by atoms with Gasteiger partial charge in [-0.15, -0.1) is 11.3 Å². The van der Waals surface area contributed by atoms with Crippen molar-refractivity contribution in [3.05, 3.63) is 57.8 Å². The number of hydrogen-bond donors (Lipinski definition) is 3. The maximum absolute atomic E-state index is 13.4. The van der Waals surface area contributed by atoms with Gasteiger partial charge in [0.05, 0.1) is 40.3 Å². The van der Waals surface area contributed by atoms with Crippen molar-refractivity contribution in [1.29, 1.82) is 0 Å². The third kappa shape index (κ3) is 5.13. The van der Waals surface area contributed by atoms with Crippen molar-refractivity contribution < 1.29 is 18.5 Å². The third-order valence-electron chi connectivity index (χ3n) is 5.44. The Morgan fingerprint density at radius 1 is 1.45 bits per heavy atom. The molecule has 1 unspecified atom stereocenters. The number of benzene rings is 1. The van der Waals surface area contributed by atoms with Gasteiger partial charge in [-0.2, -0.15) is 5.10 Å². The molecule has 1 amide bonds. The minimum absolute atomic E-state index is 0.000950. The molecule has 3 heterocycles. The van der Waals surface area contributed by atoms with Crippen LogP contribution in [0.3, 0.4) is 0 Å². The van der Waals surface area contributed by atoms with Crippen LogP contribution in [-0.4, -0.2) is 54.9 Å². The lowest BCUT2D eigenvalue weighted by Crippen LogP contribution is -2.55. The van der Waals surface area contributed by atoms with Crippen LogP contribution in [0.1, 0.15) is 17.3 Å². The van der Waals surface area contributed by atoms with Gasteiger partial charge in [-0.05, 0) is 47.5 Å². The van der Waals surface area contributed by atoms with Gasteiger partial charge >= 0.3 is 0 Å². The number of carbonyl (C=O) groups is 1. The molecule has 1 fully saturated rings. The summed E-state index contributed by atoms with van der Waals surface area (Å²) < 4.78 is 32.7. The topological polar surface area (TPSA) is 99.5 Å². The van der Waals surface area contributed by atoms with Crippen molar-refractivity contribution >= 4 is 50.3 Å². The van der Waals surface area contributed by atoms with E-state index in [0.29, 0.717) is 18.7 Å². The lowest BCUT2D eigenvalue weighted by atomic mass is 10.0. The van der Waals surface area contributed by atoms with E-state index in [9.17, 15) is 13.4 Å². The van der Waals surface area contributed by atoms with E-state index >= 15 is 0 Å². The number of rotatable bonds is 6. The van der Waals surface area contributed by atoms with Crippen LogP contribution in [0.25, 0.3) is 11.1 Å². The summed E-state index contributed by atoms with van der Waals surface area (Å²) in [4.78, 5) is 13.9. The average molecular weight is 512 g/mol. The van der Waals surface area contributed by atoms with Gasteiger partial charge in [0.25, 0.3) is 0 Å². The van der Waals surface area contributed by atoms with Crippen molar-refractivity contribution in [2.24, 2.45) is 0 Å². The fourth-order valence-electron chi connectivity index (χ4n) is 3.60. The molecule has 0 bridgehead atoms. The highest BCUT2D eigenvalue weighted by atomic mass is 35.5. The van der Waals surface area contributed by atoms with Crippen molar-refractivity contribution in [2.75, 3.05) is 19.0 Å². The zero-order valence-electron chi connectivity index (χ0n) is 17.7. The fourth-order valence-corrected chi connectivity index (χ4v) is 6.26. The standard InChI is InChI=1S/C21H23ClFN5O3S2/c1-27-19(21(30)25-15-3-4-17(23)16(22)8-15)9-18(26-33(27,2)31)20-7-13(12-32-20)14-10-24-28(11-14)5-6-29/h3-4,7-8,10-12,18-19,29H,2,5-6,9H2,1H3,(H,25,30)(H,26,31)/t18-,19+,33?/m0/s1. The molecule has 3 atom stereocenters. The van der Waals surface area contributed by atoms with Gasteiger partial charge in [-0.1, -0.05) is 11.6 Å². The molecule has 176 valence electrons. The number of aliphatic hydroxyl groups excluding tert-OH is 1. The molecule has 3 aromatic rings.